The third-order valence-electron chi connectivity index (χ3n) is 4.05. The van der Waals surface area contributed by atoms with Crippen LogP contribution in [0.3, 0.4) is 0 Å². The van der Waals surface area contributed by atoms with Crippen molar-refractivity contribution in [1.29, 1.82) is 0 Å². The van der Waals surface area contributed by atoms with E-state index < -0.39 is 0 Å². The zero-order valence-corrected chi connectivity index (χ0v) is 13.2. The molecule has 0 radical (unpaired) electrons. The summed E-state index contributed by atoms with van der Waals surface area (Å²) >= 11 is 1.65. The van der Waals surface area contributed by atoms with Crippen LogP contribution in [0.15, 0.2) is 5.38 Å². The summed E-state index contributed by atoms with van der Waals surface area (Å²) in [5.41, 5.74) is 6.62. The minimum atomic E-state index is -0.240. The summed E-state index contributed by atoms with van der Waals surface area (Å²) in [4.78, 5) is 23.9. The molecule has 1 aliphatic heterocycles. The molecular formula is C15H20N4OS. The zero-order chi connectivity index (χ0) is 15.0. The molecule has 0 aromatic carbocycles. The van der Waals surface area contributed by atoms with Gasteiger partial charge in [0.2, 0.25) is 5.91 Å². The number of fused-ring (bicyclic) bond motifs is 1. The third-order valence-corrected chi connectivity index (χ3v) is 5.04. The van der Waals surface area contributed by atoms with E-state index in [1.807, 2.05) is 6.92 Å². The number of amides is 1. The number of aromatic nitrogens is 2. The molecule has 0 bridgehead atoms. The smallest absolute Gasteiger partial charge is 0.219 e. The van der Waals surface area contributed by atoms with Crippen LogP contribution < -0.4 is 10.6 Å². The number of carbonyl (C=O) groups is 1. The zero-order valence-electron chi connectivity index (χ0n) is 12.4. The van der Waals surface area contributed by atoms with Gasteiger partial charge in [-0.3, -0.25) is 4.79 Å². The molecule has 0 aliphatic carbocycles. The summed E-state index contributed by atoms with van der Waals surface area (Å²) in [5, 5.41) is 3.25. The van der Waals surface area contributed by atoms with E-state index in [0.717, 1.165) is 47.7 Å². The molecule has 112 valence electrons. The maximum absolute atomic E-state index is 11.4. The highest BCUT2D eigenvalue weighted by molar-refractivity contribution is 7.17. The van der Waals surface area contributed by atoms with E-state index in [-0.39, 0.29) is 11.9 Å². The van der Waals surface area contributed by atoms with Gasteiger partial charge in [-0.1, -0.05) is 0 Å². The number of hydrogen-bond donors (Lipinski definition) is 1. The SMILES string of the molecule is Cc1nc(N2CCCCC2CC(N)=O)c2c(C)csc2n1. The molecule has 3 rings (SSSR count). The number of anilines is 1. The van der Waals surface area contributed by atoms with Gasteiger partial charge in [-0.2, -0.15) is 0 Å². The van der Waals surface area contributed by atoms with E-state index in [4.69, 9.17) is 5.73 Å². The number of thiophene rings is 1. The molecular weight excluding hydrogens is 284 g/mol. The van der Waals surface area contributed by atoms with Crippen molar-refractivity contribution in [2.75, 3.05) is 11.4 Å². The van der Waals surface area contributed by atoms with Crippen molar-refractivity contribution >= 4 is 33.3 Å². The van der Waals surface area contributed by atoms with Crippen LogP contribution in [0.1, 0.15) is 37.1 Å². The van der Waals surface area contributed by atoms with E-state index >= 15 is 0 Å². The van der Waals surface area contributed by atoms with Crippen molar-refractivity contribution in [2.24, 2.45) is 5.73 Å². The first-order valence-electron chi connectivity index (χ1n) is 7.33. The molecule has 0 spiro atoms. The predicted molar refractivity (Wildman–Crippen MR) is 85.7 cm³/mol. The van der Waals surface area contributed by atoms with Crippen LogP contribution in [0.4, 0.5) is 5.82 Å². The number of piperidine rings is 1. The van der Waals surface area contributed by atoms with Gasteiger partial charge in [0, 0.05) is 19.0 Å². The number of carbonyl (C=O) groups excluding carboxylic acids is 1. The Hall–Kier alpha value is -1.69. The summed E-state index contributed by atoms with van der Waals surface area (Å²) in [6, 6.07) is 0.160. The Labute approximate surface area is 128 Å². The molecule has 2 N–H and O–H groups in total. The van der Waals surface area contributed by atoms with Crippen LogP contribution in [0.25, 0.3) is 10.2 Å². The van der Waals surface area contributed by atoms with Gasteiger partial charge >= 0.3 is 0 Å². The molecule has 2 aromatic heterocycles. The van der Waals surface area contributed by atoms with Crippen LogP contribution >= 0.6 is 11.3 Å². The molecule has 1 unspecified atom stereocenters. The van der Waals surface area contributed by atoms with Gasteiger partial charge in [0.25, 0.3) is 0 Å². The molecule has 3 heterocycles. The molecule has 1 aliphatic rings. The first-order valence-corrected chi connectivity index (χ1v) is 8.21. The standard InChI is InChI=1S/C15H20N4OS/c1-9-8-21-15-13(9)14(17-10(2)18-15)19-6-4-3-5-11(19)7-12(16)20/h8,11H,3-7H2,1-2H3,(H2,16,20). The fourth-order valence-electron chi connectivity index (χ4n) is 3.10. The number of rotatable bonds is 3. The number of primary amides is 1. The Kier molecular flexibility index (Phi) is 3.80. The van der Waals surface area contributed by atoms with Crippen molar-refractivity contribution in [3.8, 4) is 0 Å². The van der Waals surface area contributed by atoms with Crippen LogP contribution in [-0.2, 0) is 4.79 Å². The van der Waals surface area contributed by atoms with Crippen LogP contribution in [0, 0.1) is 13.8 Å². The fraction of sp³-hybridized carbons (Fsp3) is 0.533. The Morgan fingerprint density at radius 3 is 3.00 bits per heavy atom. The maximum atomic E-state index is 11.4. The summed E-state index contributed by atoms with van der Waals surface area (Å²) in [5.74, 6) is 1.51. The van der Waals surface area contributed by atoms with Crippen LogP contribution in [0.5, 0.6) is 0 Å². The quantitative estimate of drug-likeness (QED) is 0.946. The van der Waals surface area contributed by atoms with E-state index in [1.54, 1.807) is 11.3 Å². The first-order chi connectivity index (χ1) is 10.1. The van der Waals surface area contributed by atoms with Crippen molar-refractivity contribution in [3.05, 3.63) is 16.8 Å². The summed E-state index contributed by atoms with van der Waals surface area (Å²) in [6.07, 6.45) is 3.66. The Morgan fingerprint density at radius 2 is 2.24 bits per heavy atom. The van der Waals surface area contributed by atoms with Crippen molar-refractivity contribution in [2.45, 2.75) is 45.6 Å². The Balaban J connectivity index is 2.08. The molecule has 1 saturated heterocycles. The normalized spacial score (nSPS) is 19.1. The molecule has 1 atom stereocenters. The second kappa shape index (κ2) is 5.60. The lowest BCUT2D eigenvalue weighted by molar-refractivity contribution is -0.118. The second-order valence-electron chi connectivity index (χ2n) is 5.71. The first kappa shape index (κ1) is 14.3. The van der Waals surface area contributed by atoms with Crippen molar-refractivity contribution in [3.63, 3.8) is 0 Å². The second-order valence-corrected chi connectivity index (χ2v) is 6.56. The largest absolute Gasteiger partial charge is 0.370 e. The molecule has 2 aromatic rings. The molecule has 1 fully saturated rings. The minimum absolute atomic E-state index is 0.160. The molecule has 0 saturated carbocycles. The molecule has 1 amide bonds. The van der Waals surface area contributed by atoms with Gasteiger partial charge < -0.3 is 10.6 Å². The van der Waals surface area contributed by atoms with Crippen molar-refractivity contribution < 1.29 is 4.79 Å². The average Bonchev–Trinajstić information content (AvgIpc) is 2.79. The van der Waals surface area contributed by atoms with E-state index in [0.29, 0.717) is 6.42 Å². The number of nitrogens with two attached hydrogens (primary N) is 1. The van der Waals surface area contributed by atoms with Gasteiger partial charge in [0.15, 0.2) is 0 Å². The number of hydrogen-bond acceptors (Lipinski definition) is 5. The summed E-state index contributed by atoms with van der Waals surface area (Å²) < 4.78 is 0. The van der Waals surface area contributed by atoms with Crippen LogP contribution in [0.2, 0.25) is 0 Å². The van der Waals surface area contributed by atoms with Gasteiger partial charge in [0.1, 0.15) is 16.5 Å². The molecule has 21 heavy (non-hydrogen) atoms. The highest BCUT2D eigenvalue weighted by Gasteiger charge is 2.27. The van der Waals surface area contributed by atoms with E-state index in [9.17, 15) is 4.79 Å². The third kappa shape index (κ3) is 2.72. The number of nitrogens with zero attached hydrogens (tertiary/aromatic N) is 3. The minimum Gasteiger partial charge on any atom is -0.370 e. The van der Waals surface area contributed by atoms with E-state index in [2.05, 4.69) is 27.2 Å². The lowest BCUT2D eigenvalue weighted by atomic mass is 9.98. The molecule has 5 nitrogen and oxygen atoms in total. The van der Waals surface area contributed by atoms with Crippen molar-refractivity contribution in [1.82, 2.24) is 9.97 Å². The predicted octanol–water partition coefficient (Wildman–Crippen LogP) is 2.54. The Bertz CT molecular complexity index is 682. The summed E-state index contributed by atoms with van der Waals surface area (Å²) in [7, 11) is 0. The lowest BCUT2D eigenvalue weighted by Gasteiger charge is -2.36. The maximum Gasteiger partial charge on any atom is 0.219 e. The fourth-order valence-corrected chi connectivity index (χ4v) is 4.06. The van der Waals surface area contributed by atoms with Gasteiger partial charge in [-0.15, -0.1) is 11.3 Å². The monoisotopic (exact) mass is 304 g/mol. The highest BCUT2D eigenvalue weighted by atomic mass is 32.1. The van der Waals surface area contributed by atoms with Gasteiger partial charge in [0.05, 0.1) is 5.39 Å². The highest BCUT2D eigenvalue weighted by Crippen LogP contribution is 2.35. The molecule has 6 heteroatoms. The lowest BCUT2D eigenvalue weighted by Crippen LogP contribution is -2.42. The van der Waals surface area contributed by atoms with Gasteiger partial charge in [-0.25, -0.2) is 9.97 Å². The van der Waals surface area contributed by atoms with Crippen LogP contribution in [-0.4, -0.2) is 28.5 Å². The van der Waals surface area contributed by atoms with E-state index in [1.165, 1.54) is 5.56 Å². The average molecular weight is 304 g/mol. The topological polar surface area (TPSA) is 72.1 Å². The Morgan fingerprint density at radius 1 is 1.43 bits per heavy atom. The van der Waals surface area contributed by atoms with Gasteiger partial charge in [-0.05, 0) is 44.1 Å². The number of aryl methyl sites for hydroxylation is 2. The summed E-state index contributed by atoms with van der Waals surface area (Å²) in [6.45, 7) is 4.94.